The first-order valence-electron chi connectivity index (χ1n) is 16.2. The highest BCUT2D eigenvalue weighted by Gasteiger charge is 2.40. The Morgan fingerprint density at radius 3 is 2.15 bits per heavy atom. The lowest BCUT2D eigenvalue weighted by molar-refractivity contribution is -0.193. The number of pyridine rings is 1. The Kier molecular flexibility index (Phi) is 12.5. The van der Waals surface area contributed by atoms with E-state index < -0.39 is 30.1 Å². The summed E-state index contributed by atoms with van der Waals surface area (Å²) in [5, 5.41) is 30.2. The molecule has 1 aliphatic carbocycles. The molecule has 0 unspecified atom stereocenters. The molecule has 4 N–H and O–H groups in total. The molecular formula is C34H37F7N6O6. The van der Waals surface area contributed by atoms with E-state index in [2.05, 4.69) is 51.2 Å². The van der Waals surface area contributed by atoms with Crippen LogP contribution < -0.4 is 10.1 Å². The van der Waals surface area contributed by atoms with Crippen LogP contribution in [0.1, 0.15) is 32.1 Å². The van der Waals surface area contributed by atoms with E-state index in [1.165, 1.54) is 6.42 Å². The minimum Gasteiger partial charge on any atom is -0.508 e. The van der Waals surface area contributed by atoms with E-state index in [9.17, 15) is 31.4 Å². The summed E-state index contributed by atoms with van der Waals surface area (Å²) < 4.78 is 85.9. The van der Waals surface area contributed by atoms with Crippen molar-refractivity contribution in [2.45, 2.75) is 56.0 Å². The monoisotopic (exact) mass is 758 g/mol. The molecular weight excluding hydrogens is 721 g/mol. The van der Waals surface area contributed by atoms with Crippen molar-refractivity contribution in [3.8, 4) is 23.0 Å². The molecule has 2 aromatic carbocycles. The van der Waals surface area contributed by atoms with Crippen molar-refractivity contribution in [3.05, 3.63) is 48.4 Å². The number of anilines is 1. The van der Waals surface area contributed by atoms with Gasteiger partial charge in [-0.25, -0.2) is 14.0 Å². The number of carboxylic acid groups (broad SMARTS) is 2. The number of aliphatic carboxylic acids is 2. The number of nitrogens with one attached hydrogen (secondary N) is 1. The number of carbonyl (C=O) groups is 2. The first-order valence-corrected chi connectivity index (χ1v) is 16.2. The Bertz CT molecular complexity index is 1910. The molecule has 6 rings (SSSR count). The number of fused-ring (bicyclic) bond motifs is 2. The first-order chi connectivity index (χ1) is 24.7. The number of rotatable bonds is 8. The van der Waals surface area contributed by atoms with Gasteiger partial charge in [0.25, 0.3) is 0 Å². The molecule has 19 heteroatoms. The van der Waals surface area contributed by atoms with Gasteiger partial charge in [0.1, 0.15) is 29.4 Å². The third-order valence-electron chi connectivity index (χ3n) is 9.14. The molecule has 0 amide bonds. The molecule has 2 aromatic heterocycles. The maximum absolute atomic E-state index is 16.3. The maximum atomic E-state index is 16.3. The molecule has 1 saturated carbocycles. The fraction of sp³-hybridized carbons (Fsp3) is 0.441. The Morgan fingerprint density at radius 2 is 1.62 bits per heavy atom. The van der Waals surface area contributed by atoms with E-state index in [0.717, 1.165) is 43.0 Å². The molecule has 4 aromatic rings. The fourth-order valence-electron chi connectivity index (χ4n) is 5.89. The third-order valence-corrected chi connectivity index (χ3v) is 9.14. The number of aromatic hydroxyl groups is 1. The molecule has 53 heavy (non-hydrogen) atoms. The van der Waals surface area contributed by atoms with E-state index >= 15 is 4.39 Å². The Hall–Kier alpha value is -5.04. The minimum atomic E-state index is -5.08. The molecule has 0 bridgehead atoms. The Morgan fingerprint density at radius 1 is 1.00 bits per heavy atom. The number of aromatic nitrogens is 3. The average Bonchev–Trinajstić information content (AvgIpc) is 3.47. The normalized spacial score (nSPS) is 17.0. The van der Waals surface area contributed by atoms with Crippen LogP contribution in [-0.2, 0) is 9.59 Å². The van der Waals surface area contributed by atoms with Gasteiger partial charge in [0.15, 0.2) is 5.82 Å². The second-order valence-corrected chi connectivity index (χ2v) is 12.8. The highest BCUT2D eigenvalue weighted by Crippen LogP contribution is 2.38. The molecule has 0 spiro atoms. The zero-order chi connectivity index (χ0) is 39.3. The number of phenols is 1. The van der Waals surface area contributed by atoms with Crippen molar-refractivity contribution in [2.24, 2.45) is 0 Å². The lowest BCUT2D eigenvalue weighted by atomic mass is 9.75. The number of phenolic OH excluding ortho intramolecular Hbond substituents is 1. The van der Waals surface area contributed by atoms with Crippen LogP contribution >= 0.6 is 0 Å². The van der Waals surface area contributed by atoms with E-state index in [1.54, 1.807) is 18.3 Å². The van der Waals surface area contributed by atoms with E-state index in [1.807, 2.05) is 24.3 Å². The zero-order valence-corrected chi connectivity index (χ0v) is 28.7. The number of carboxylic acids is 2. The molecule has 12 nitrogen and oxygen atoms in total. The van der Waals surface area contributed by atoms with Crippen molar-refractivity contribution in [1.82, 2.24) is 24.8 Å². The summed E-state index contributed by atoms with van der Waals surface area (Å²) in [5.41, 5.74) is 0.822. The van der Waals surface area contributed by atoms with E-state index in [-0.39, 0.29) is 34.6 Å². The van der Waals surface area contributed by atoms with Gasteiger partial charge < -0.3 is 35.2 Å². The van der Waals surface area contributed by atoms with Gasteiger partial charge in [-0.2, -0.15) is 36.3 Å². The van der Waals surface area contributed by atoms with Crippen LogP contribution in [0.4, 0.5) is 36.6 Å². The van der Waals surface area contributed by atoms with Crippen LogP contribution in [0.5, 0.6) is 11.8 Å². The lowest BCUT2D eigenvalue weighted by Gasteiger charge is -2.47. The van der Waals surface area contributed by atoms with Crippen molar-refractivity contribution in [2.75, 3.05) is 46.2 Å². The standard InChI is InChI=1S/C30H35FN6O2.2C2HF3O2/c1-36(2)30(11-7-12-30)18-33-28-24-16-32-26(23-15-21(38)14-19-8-4-5-10-22(19)23)25(31)27(24)34-29(35-28)39-17-20-9-6-13-37(20)3;2*3-2(4,5)1(6)7/h4-5,8,10,14-16,20,38H,6-7,9,11-13,17-18H2,1-3H3,(H,33,34,35);2*(H,6,7)/t20-;;/m0../s1. The highest BCUT2D eigenvalue weighted by atomic mass is 19.4. The summed E-state index contributed by atoms with van der Waals surface area (Å²) >= 11 is 0. The molecule has 0 radical (unpaired) electrons. The largest absolute Gasteiger partial charge is 0.508 e. The summed E-state index contributed by atoms with van der Waals surface area (Å²) in [5.74, 6) is -5.52. The maximum Gasteiger partial charge on any atom is 0.490 e. The van der Waals surface area contributed by atoms with Gasteiger partial charge in [-0.3, -0.25) is 4.98 Å². The number of hydrogen-bond donors (Lipinski definition) is 4. The summed E-state index contributed by atoms with van der Waals surface area (Å²) in [4.78, 5) is 36.1. The van der Waals surface area contributed by atoms with Gasteiger partial charge in [0, 0.05) is 29.9 Å². The second kappa shape index (κ2) is 16.3. The minimum absolute atomic E-state index is 0.0389. The smallest absolute Gasteiger partial charge is 0.490 e. The van der Waals surface area contributed by atoms with E-state index in [4.69, 9.17) is 24.5 Å². The van der Waals surface area contributed by atoms with Gasteiger partial charge in [-0.15, -0.1) is 0 Å². The van der Waals surface area contributed by atoms with Crippen molar-refractivity contribution < 1.29 is 60.4 Å². The van der Waals surface area contributed by atoms with Crippen LogP contribution in [0.25, 0.3) is 32.9 Å². The van der Waals surface area contributed by atoms with E-state index in [0.29, 0.717) is 29.9 Å². The van der Waals surface area contributed by atoms with Crippen LogP contribution in [0.15, 0.2) is 42.6 Å². The summed E-state index contributed by atoms with van der Waals surface area (Å²) in [6, 6.07) is 11.2. The second-order valence-electron chi connectivity index (χ2n) is 12.8. The number of likely N-dealkylation sites (tertiary alicyclic amines) is 1. The number of nitrogens with zero attached hydrogens (tertiary/aromatic N) is 5. The van der Waals surface area contributed by atoms with Gasteiger partial charge in [-0.1, -0.05) is 24.3 Å². The number of ether oxygens (including phenoxy) is 1. The van der Waals surface area contributed by atoms with Crippen LogP contribution in [0.3, 0.4) is 0 Å². The van der Waals surface area contributed by atoms with Crippen LogP contribution in [0, 0.1) is 5.82 Å². The molecule has 1 saturated heterocycles. The average molecular weight is 759 g/mol. The number of alkyl halides is 6. The zero-order valence-electron chi connectivity index (χ0n) is 28.7. The molecule has 288 valence electrons. The SMILES string of the molecule is CN1CCC[C@H]1COc1nc(NCC2(N(C)C)CCC2)c2cnc(-c3cc(O)cc4ccccc34)c(F)c2n1.O=C(O)C(F)(F)F.O=C(O)C(F)(F)F. The Balaban J connectivity index is 0.000000381. The lowest BCUT2D eigenvalue weighted by Crippen LogP contribution is -2.54. The quantitative estimate of drug-likeness (QED) is 0.148. The first kappa shape index (κ1) is 40.7. The van der Waals surface area contributed by atoms with Gasteiger partial charge in [0.2, 0.25) is 0 Å². The fourth-order valence-corrected chi connectivity index (χ4v) is 5.89. The molecule has 1 atom stereocenters. The van der Waals surface area contributed by atoms with Gasteiger partial charge >= 0.3 is 30.3 Å². The highest BCUT2D eigenvalue weighted by molar-refractivity contribution is 5.99. The van der Waals surface area contributed by atoms with Crippen molar-refractivity contribution in [1.29, 1.82) is 0 Å². The van der Waals surface area contributed by atoms with Crippen molar-refractivity contribution >= 4 is 39.4 Å². The third kappa shape index (κ3) is 9.89. The molecule has 1 aliphatic heterocycles. The summed E-state index contributed by atoms with van der Waals surface area (Å²) in [6.45, 7) is 2.16. The van der Waals surface area contributed by atoms with Crippen molar-refractivity contribution in [3.63, 3.8) is 0 Å². The van der Waals surface area contributed by atoms with Gasteiger partial charge in [-0.05, 0) is 82.7 Å². The van der Waals surface area contributed by atoms with Gasteiger partial charge in [0.05, 0.1) is 5.39 Å². The number of likely N-dealkylation sites (N-methyl/N-ethyl adjacent to an activating group) is 2. The van der Waals surface area contributed by atoms with Crippen LogP contribution in [0.2, 0.25) is 0 Å². The topological polar surface area (TPSA) is 161 Å². The molecule has 2 aliphatic rings. The summed E-state index contributed by atoms with van der Waals surface area (Å²) in [7, 11) is 6.28. The predicted octanol–water partition coefficient (Wildman–Crippen LogP) is 6.33. The number of halogens is 7. The summed E-state index contributed by atoms with van der Waals surface area (Å²) in [6.07, 6.45) is -3.00. The number of hydrogen-bond acceptors (Lipinski definition) is 10. The van der Waals surface area contributed by atoms with Crippen LogP contribution in [-0.4, -0.2) is 117 Å². The number of benzene rings is 2. The Labute approximate surface area is 298 Å². The predicted molar refractivity (Wildman–Crippen MR) is 179 cm³/mol. The molecule has 3 heterocycles. The molecule has 2 fully saturated rings.